The van der Waals surface area contributed by atoms with Gasteiger partial charge in [-0.1, -0.05) is 13.8 Å². The summed E-state index contributed by atoms with van der Waals surface area (Å²) in [6, 6.07) is -0.485. The highest BCUT2D eigenvalue weighted by molar-refractivity contribution is 5.82. The summed E-state index contributed by atoms with van der Waals surface area (Å²) in [5.74, 6) is -0.00134. The van der Waals surface area contributed by atoms with Crippen molar-refractivity contribution in [2.45, 2.75) is 65.5 Å². The van der Waals surface area contributed by atoms with Crippen molar-refractivity contribution in [3.63, 3.8) is 0 Å². The molecule has 1 unspecified atom stereocenters. The van der Waals surface area contributed by atoms with Crippen LogP contribution >= 0.6 is 0 Å². The zero-order chi connectivity index (χ0) is 15.8. The van der Waals surface area contributed by atoms with Crippen LogP contribution < -0.4 is 0 Å². The van der Waals surface area contributed by atoms with Crippen LogP contribution in [0.4, 0.5) is 4.79 Å². The summed E-state index contributed by atoms with van der Waals surface area (Å²) in [6.07, 6.45) is 2.47. The maximum atomic E-state index is 12.3. The lowest BCUT2D eigenvalue weighted by Gasteiger charge is -2.27. The highest BCUT2D eigenvalue weighted by Crippen LogP contribution is 2.55. The molecule has 1 aliphatic carbocycles. The molecule has 0 aromatic heterocycles. The van der Waals surface area contributed by atoms with E-state index in [9.17, 15) is 9.59 Å². The van der Waals surface area contributed by atoms with Gasteiger partial charge in [0.1, 0.15) is 11.6 Å². The fourth-order valence-corrected chi connectivity index (χ4v) is 2.66. The molecule has 0 bridgehead atoms. The van der Waals surface area contributed by atoms with Crippen molar-refractivity contribution >= 4 is 12.1 Å². The van der Waals surface area contributed by atoms with Crippen molar-refractivity contribution in [2.75, 3.05) is 13.2 Å². The van der Waals surface area contributed by atoms with Crippen LogP contribution in [0.1, 0.15) is 53.9 Å². The Labute approximate surface area is 127 Å². The highest BCUT2D eigenvalue weighted by atomic mass is 16.6. The third kappa shape index (κ3) is 4.11. The van der Waals surface area contributed by atoms with Crippen LogP contribution in [0.2, 0.25) is 0 Å². The number of hydrogen-bond donors (Lipinski definition) is 0. The molecule has 0 N–H and O–H groups in total. The molecule has 0 aromatic rings. The highest BCUT2D eigenvalue weighted by Gasteiger charge is 2.56. The molecule has 1 saturated carbocycles. The normalized spacial score (nSPS) is 23.5. The van der Waals surface area contributed by atoms with Crippen LogP contribution in [0.25, 0.3) is 0 Å². The zero-order valence-electron chi connectivity index (χ0n) is 13.8. The number of hydrogen-bond acceptors (Lipinski definition) is 4. The fraction of sp³-hybridized carbons (Fsp3) is 0.875. The second-order valence-electron chi connectivity index (χ2n) is 7.85. The van der Waals surface area contributed by atoms with Crippen molar-refractivity contribution in [1.29, 1.82) is 0 Å². The number of carbonyl (C=O) groups is 2. The van der Waals surface area contributed by atoms with Crippen molar-refractivity contribution in [2.24, 2.45) is 11.3 Å². The Morgan fingerprint density at radius 2 is 1.90 bits per heavy atom. The first-order chi connectivity index (χ1) is 9.62. The zero-order valence-corrected chi connectivity index (χ0v) is 13.8. The van der Waals surface area contributed by atoms with E-state index in [0.29, 0.717) is 25.5 Å². The summed E-state index contributed by atoms with van der Waals surface area (Å²) < 4.78 is 10.8. The van der Waals surface area contributed by atoms with Gasteiger partial charge in [0.05, 0.1) is 6.61 Å². The van der Waals surface area contributed by atoms with Crippen molar-refractivity contribution in [3.05, 3.63) is 0 Å². The van der Waals surface area contributed by atoms with Gasteiger partial charge >= 0.3 is 12.1 Å². The van der Waals surface area contributed by atoms with Gasteiger partial charge in [-0.15, -0.1) is 0 Å². The maximum absolute atomic E-state index is 12.3. The summed E-state index contributed by atoms with van der Waals surface area (Å²) in [6.45, 7) is 10.5. The summed E-state index contributed by atoms with van der Waals surface area (Å²) in [5, 5.41) is 0. The molecule has 2 fully saturated rings. The average molecular weight is 297 g/mol. The quantitative estimate of drug-likeness (QED) is 0.751. The average Bonchev–Trinajstić information content (AvgIpc) is 2.95. The molecule has 2 rings (SSSR count). The molecule has 1 heterocycles. The van der Waals surface area contributed by atoms with Crippen LogP contribution in [0.15, 0.2) is 0 Å². The largest absolute Gasteiger partial charge is 0.464 e. The van der Waals surface area contributed by atoms with Gasteiger partial charge in [0.15, 0.2) is 0 Å². The molecule has 0 aromatic carbocycles. The Morgan fingerprint density at radius 1 is 1.29 bits per heavy atom. The minimum atomic E-state index is -0.553. The number of likely N-dealkylation sites (tertiary alicyclic amines) is 1. The summed E-state index contributed by atoms with van der Waals surface area (Å²) in [7, 11) is 0. The molecule has 120 valence electrons. The second-order valence-corrected chi connectivity index (χ2v) is 7.85. The van der Waals surface area contributed by atoms with E-state index in [2.05, 4.69) is 0 Å². The minimum absolute atomic E-state index is 0.137. The van der Waals surface area contributed by atoms with E-state index in [1.165, 1.54) is 0 Å². The fourth-order valence-electron chi connectivity index (χ4n) is 2.66. The van der Waals surface area contributed by atoms with Gasteiger partial charge in [-0.2, -0.15) is 0 Å². The topological polar surface area (TPSA) is 55.8 Å². The van der Waals surface area contributed by atoms with E-state index in [-0.39, 0.29) is 11.4 Å². The van der Waals surface area contributed by atoms with Gasteiger partial charge in [0, 0.05) is 6.54 Å². The number of amides is 1. The lowest BCUT2D eigenvalue weighted by atomic mass is 10.0. The van der Waals surface area contributed by atoms with Crippen LogP contribution in [0.5, 0.6) is 0 Å². The molecule has 1 amide bonds. The minimum Gasteiger partial charge on any atom is -0.464 e. The monoisotopic (exact) mass is 297 g/mol. The molecule has 5 nitrogen and oxygen atoms in total. The lowest BCUT2D eigenvalue weighted by Crippen LogP contribution is -2.44. The van der Waals surface area contributed by atoms with Crippen molar-refractivity contribution in [3.8, 4) is 0 Å². The van der Waals surface area contributed by atoms with E-state index < -0.39 is 17.7 Å². The van der Waals surface area contributed by atoms with E-state index in [1.54, 1.807) is 4.90 Å². The summed E-state index contributed by atoms with van der Waals surface area (Å²) in [5.41, 5.74) is -0.415. The standard InChI is InChI=1S/C16H27NO4/c1-11(2)9-20-13(18)12-8-16(6-7-16)10-17(12)14(19)21-15(3,4)5/h11-12H,6-10H2,1-5H3. The Kier molecular flexibility index (Phi) is 4.22. The smallest absolute Gasteiger partial charge is 0.411 e. The van der Waals surface area contributed by atoms with Gasteiger partial charge in [-0.05, 0) is 51.4 Å². The number of nitrogens with zero attached hydrogens (tertiary/aromatic N) is 1. The van der Waals surface area contributed by atoms with Gasteiger partial charge in [0.2, 0.25) is 0 Å². The third-order valence-corrected chi connectivity index (χ3v) is 3.92. The van der Waals surface area contributed by atoms with Gasteiger partial charge < -0.3 is 9.47 Å². The first-order valence-electron chi connectivity index (χ1n) is 7.78. The van der Waals surface area contributed by atoms with E-state index >= 15 is 0 Å². The molecule has 1 atom stereocenters. The molecule has 0 radical (unpaired) electrons. The van der Waals surface area contributed by atoms with E-state index in [0.717, 1.165) is 12.8 Å². The summed E-state index contributed by atoms with van der Waals surface area (Å²) >= 11 is 0. The molecular formula is C16H27NO4. The number of esters is 1. The van der Waals surface area contributed by atoms with Crippen molar-refractivity contribution in [1.82, 2.24) is 4.90 Å². The number of rotatable bonds is 3. The molecule has 1 saturated heterocycles. The van der Waals surface area contributed by atoms with Crippen LogP contribution in [-0.4, -0.2) is 41.8 Å². The van der Waals surface area contributed by atoms with Crippen LogP contribution in [-0.2, 0) is 14.3 Å². The Balaban J connectivity index is 2.03. The predicted molar refractivity (Wildman–Crippen MR) is 78.8 cm³/mol. The lowest BCUT2D eigenvalue weighted by molar-refractivity contribution is -0.149. The van der Waals surface area contributed by atoms with E-state index in [1.807, 2.05) is 34.6 Å². The summed E-state index contributed by atoms with van der Waals surface area (Å²) in [4.78, 5) is 26.2. The molecular weight excluding hydrogens is 270 g/mol. The molecule has 5 heteroatoms. The second kappa shape index (κ2) is 5.50. The Bertz CT molecular complexity index is 420. The number of carbonyl (C=O) groups excluding carboxylic acids is 2. The third-order valence-electron chi connectivity index (χ3n) is 3.92. The molecule has 21 heavy (non-hydrogen) atoms. The molecule has 1 spiro atoms. The van der Waals surface area contributed by atoms with Crippen molar-refractivity contribution < 1.29 is 19.1 Å². The van der Waals surface area contributed by atoms with Gasteiger partial charge in [-0.3, -0.25) is 4.90 Å². The first-order valence-corrected chi connectivity index (χ1v) is 7.78. The SMILES string of the molecule is CC(C)COC(=O)C1CC2(CC2)CN1C(=O)OC(C)(C)C. The molecule has 1 aliphatic heterocycles. The Morgan fingerprint density at radius 3 is 2.38 bits per heavy atom. The maximum Gasteiger partial charge on any atom is 0.411 e. The van der Waals surface area contributed by atoms with Gasteiger partial charge in [0.25, 0.3) is 0 Å². The van der Waals surface area contributed by atoms with Crippen LogP contribution in [0, 0.1) is 11.3 Å². The first kappa shape index (κ1) is 16.1. The van der Waals surface area contributed by atoms with Crippen LogP contribution in [0.3, 0.4) is 0 Å². The Hall–Kier alpha value is -1.26. The number of ether oxygens (including phenoxy) is 2. The van der Waals surface area contributed by atoms with Gasteiger partial charge in [-0.25, -0.2) is 9.59 Å². The molecule has 2 aliphatic rings. The predicted octanol–water partition coefficient (Wildman–Crippen LogP) is 2.98. The van der Waals surface area contributed by atoms with E-state index in [4.69, 9.17) is 9.47 Å².